The summed E-state index contributed by atoms with van der Waals surface area (Å²) in [4.78, 5) is 17.2. The summed E-state index contributed by atoms with van der Waals surface area (Å²) in [5, 5.41) is 1.25. The van der Waals surface area contributed by atoms with Gasteiger partial charge >= 0.3 is 6.18 Å². The van der Waals surface area contributed by atoms with Gasteiger partial charge in [0.25, 0.3) is 0 Å². The highest BCUT2D eigenvalue weighted by Gasteiger charge is 2.38. The summed E-state index contributed by atoms with van der Waals surface area (Å²) in [5.74, 6) is -0.339. The van der Waals surface area contributed by atoms with Crippen LogP contribution >= 0.6 is 11.3 Å². The van der Waals surface area contributed by atoms with Crippen molar-refractivity contribution in [3.8, 4) is 0 Å². The molecule has 0 bridgehead atoms. The molecule has 1 aliphatic carbocycles. The van der Waals surface area contributed by atoms with Crippen LogP contribution in [0.1, 0.15) is 45.1 Å². The van der Waals surface area contributed by atoms with Gasteiger partial charge in [0.15, 0.2) is 5.76 Å². The zero-order valence-electron chi connectivity index (χ0n) is 15.1. The van der Waals surface area contributed by atoms with Crippen LogP contribution in [0.5, 0.6) is 0 Å². The number of hydrogen-bond donors (Lipinski definition) is 1. The van der Waals surface area contributed by atoms with E-state index >= 15 is 0 Å². The molecule has 148 valence electrons. The third-order valence-electron chi connectivity index (χ3n) is 5.32. The van der Waals surface area contributed by atoms with Crippen molar-refractivity contribution in [2.45, 2.75) is 31.9 Å². The number of aryl methyl sites for hydroxylation is 1. The molecule has 1 aliphatic rings. The number of ketones is 1. The number of aromatic nitrogens is 1. The molecule has 0 fully saturated rings. The van der Waals surface area contributed by atoms with Gasteiger partial charge in [-0.15, -0.1) is 11.3 Å². The van der Waals surface area contributed by atoms with Crippen molar-refractivity contribution in [2.24, 2.45) is 0 Å². The van der Waals surface area contributed by atoms with E-state index in [9.17, 15) is 18.0 Å². The molecular weight excluding hydrogens is 401 g/mol. The maximum Gasteiger partial charge on any atom is 0.433 e. The second-order valence-corrected chi connectivity index (χ2v) is 8.12. The van der Waals surface area contributed by atoms with E-state index in [0.717, 1.165) is 23.1 Å². The summed E-state index contributed by atoms with van der Waals surface area (Å²) >= 11 is 0.894. The lowest BCUT2D eigenvalue weighted by Gasteiger charge is -2.21. The maximum absolute atomic E-state index is 13.6. The number of nitrogens with two attached hydrogens (primary N) is 1. The summed E-state index contributed by atoms with van der Waals surface area (Å²) in [7, 11) is 0. The number of pyridine rings is 1. The molecule has 5 rings (SSSR count). The van der Waals surface area contributed by atoms with Gasteiger partial charge in [-0.05, 0) is 48.9 Å². The highest BCUT2D eigenvalue weighted by Crippen LogP contribution is 2.44. The van der Waals surface area contributed by atoms with Crippen LogP contribution in [0.25, 0.3) is 21.2 Å². The minimum absolute atomic E-state index is 0.106. The van der Waals surface area contributed by atoms with Crippen molar-refractivity contribution in [3.63, 3.8) is 0 Å². The fourth-order valence-corrected chi connectivity index (χ4v) is 5.09. The van der Waals surface area contributed by atoms with Crippen LogP contribution < -0.4 is 5.73 Å². The number of rotatable bonds is 2. The minimum Gasteiger partial charge on any atom is -0.453 e. The number of benzene rings is 1. The first-order valence-electron chi connectivity index (χ1n) is 9.19. The second kappa shape index (κ2) is 6.32. The minimum atomic E-state index is -4.54. The Kier molecular flexibility index (Phi) is 3.96. The average Bonchev–Trinajstić information content (AvgIpc) is 3.27. The Bertz CT molecular complexity index is 1250. The maximum atomic E-state index is 13.6. The molecule has 0 saturated heterocycles. The average molecular weight is 416 g/mol. The summed E-state index contributed by atoms with van der Waals surface area (Å²) in [6.07, 6.45) is -2.27. The van der Waals surface area contributed by atoms with Crippen LogP contribution in [0.4, 0.5) is 18.9 Å². The number of nitrogen functional groups attached to an aromatic ring is 1. The van der Waals surface area contributed by atoms with E-state index in [-0.39, 0.29) is 26.7 Å². The molecule has 0 saturated carbocycles. The SMILES string of the molecule is Nc1c(C(=O)c2cc3ccccc3o2)sc2nc(C(F)(F)F)c3c(c12)CCCC3. The van der Waals surface area contributed by atoms with Crippen LogP contribution in [0.3, 0.4) is 0 Å². The van der Waals surface area contributed by atoms with Gasteiger partial charge in [-0.1, -0.05) is 18.2 Å². The lowest BCUT2D eigenvalue weighted by Crippen LogP contribution is -2.17. The first-order chi connectivity index (χ1) is 13.8. The Morgan fingerprint density at radius 2 is 1.86 bits per heavy atom. The molecule has 4 nitrogen and oxygen atoms in total. The van der Waals surface area contributed by atoms with Gasteiger partial charge in [-0.2, -0.15) is 13.2 Å². The number of para-hydroxylation sites is 1. The van der Waals surface area contributed by atoms with Crippen LogP contribution in [0, 0.1) is 0 Å². The number of carbonyl (C=O) groups is 1. The summed E-state index contributed by atoms with van der Waals surface area (Å²) in [5.41, 5.74) is 6.96. The van der Waals surface area contributed by atoms with E-state index in [1.165, 1.54) is 0 Å². The molecule has 2 N–H and O–H groups in total. The van der Waals surface area contributed by atoms with E-state index in [1.807, 2.05) is 12.1 Å². The van der Waals surface area contributed by atoms with Gasteiger partial charge in [0, 0.05) is 10.8 Å². The van der Waals surface area contributed by atoms with Gasteiger partial charge < -0.3 is 10.2 Å². The lowest BCUT2D eigenvalue weighted by molar-refractivity contribution is -0.141. The Balaban J connectivity index is 1.71. The van der Waals surface area contributed by atoms with Crippen LogP contribution in [0.15, 0.2) is 34.7 Å². The van der Waals surface area contributed by atoms with Crippen molar-refractivity contribution in [1.29, 1.82) is 0 Å². The summed E-state index contributed by atoms with van der Waals surface area (Å²) in [6, 6.07) is 8.80. The number of hydrogen-bond acceptors (Lipinski definition) is 5. The molecule has 0 aliphatic heterocycles. The number of alkyl halides is 3. The van der Waals surface area contributed by atoms with Gasteiger partial charge in [0.2, 0.25) is 5.78 Å². The fraction of sp³-hybridized carbons (Fsp3) is 0.238. The van der Waals surface area contributed by atoms with Gasteiger partial charge in [0.05, 0.1) is 5.69 Å². The second-order valence-electron chi connectivity index (χ2n) is 7.12. The van der Waals surface area contributed by atoms with Crippen molar-refractivity contribution in [3.05, 3.63) is 57.8 Å². The first-order valence-corrected chi connectivity index (χ1v) is 10.0. The predicted molar refractivity (Wildman–Crippen MR) is 105 cm³/mol. The normalized spacial score (nSPS) is 14.4. The van der Waals surface area contributed by atoms with Crippen molar-refractivity contribution in [1.82, 2.24) is 4.98 Å². The molecule has 3 heterocycles. The Morgan fingerprint density at radius 1 is 1.14 bits per heavy atom. The molecule has 29 heavy (non-hydrogen) atoms. The van der Waals surface area contributed by atoms with E-state index in [4.69, 9.17) is 10.2 Å². The van der Waals surface area contributed by atoms with E-state index < -0.39 is 17.7 Å². The fourth-order valence-electron chi connectivity index (χ4n) is 4.02. The number of fused-ring (bicyclic) bond motifs is 4. The standard InChI is InChI=1S/C21H15F3N2O2S/c22-21(23,24)19-12-7-3-2-6-11(12)15-16(25)18(29-20(15)26-19)17(27)14-9-10-5-1-4-8-13(10)28-14/h1,4-5,8-9H,2-3,6-7,25H2. The number of thiophene rings is 1. The molecule has 4 aromatic rings. The predicted octanol–water partition coefficient (Wildman–Crippen LogP) is 5.75. The number of nitrogens with zero attached hydrogens (tertiary/aromatic N) is 1. The van der Waals surface area contributed by atoms with Crippen LogP contribution in [-0.4, -0.2) is 10.8 Å². The molecule has 0 unspecified atom stereocenters. The largest absolute Gasteiger partial charge is 0.453 e. The van der Waals surface area contributed by atoms with Crippen molar-refractivity contribution < 1.29 is 22.4 Å². The third-order valence-corrected chi connectivity index (χ3v) is 6.42. The number of furan rings is 1. The Hall–Kier alpha value is -2.87. The summed E-state index contributed by atoms with van der Waals surface area (Å²) < 4.78 is 46.4. The monoisotopic (exact) mass is 416 g/mol. The van der Waals surface area contributed by atoms with Gasteiger partial charge in [0.1, 0.15) is 21.0 Å². The zero-order chi connectivity index (χ0) is 20.3. The molecule has 3 aromatic heterocycles. The van der Waals surface area contributed by atoms with Gasteiger partial charge in [-0.3, -0.25) is 4.79 Å². The topological polar surface area (TPSA) is 69.1 Å². The van der Waals surface area contributed by atoms with Crippen LogP contribution in [-0.2, 0) is 19.0 Å². The highest BCUT2D eigenvalue weighted by molar-refractivity contribution is 7.21. The smallest absolute Gasteiger partial charge is 0.433 e. The summed E-state index contributed by atoms with van der Waals surface area (Å²) in [6.45, 7) is 0. The van der Waals surface area contributed by atoms with Crippen LogP contribution in [0.2, 0.25) is 0 Å². The molecule has 8 heteroatoms. The molecular formula is C21H15F3N2O2S. The molecule has 1 aromatic carbocycles. The molecule has 0 radical (unpaired) electrons. The van der Waals surface area contributed by atoms with E-state index in [0.29, 0.717) is 35.8 Å². The lowest BCUT2D eigenvalue weighted by atomic mass is 9.88. The Labute approximate surface area is 167 Å². The quantitative estimate of drug-likeness (QED) is 0.422. The third kappa shape index (κ3) is 2.81. The molecule has 0 atom stereocenters. The number of halogens is 3. The number of anilines is 1. The number of carbonyl (C=O) groups excluding carboxylic acids is 1. The molecule has 0 spiro atoms. The van der Waals surface area contributed by atoms with Crippen molar-refractivity contribution in [2.75, 3.05) is 5.73 Å². The van der Waals surface area contributed by atoms with Gasteiger partial charge in [-0.25, -0.2) is 4.98 Å². The highest BCUT2D eigenvalue weighted by atomic mass is 32.1. The van der Waals surface area contributed by atoms with E-state index in [1.54, 1.807) is 18.2 Å². The van der Waals surface area contributed by atoms with Crippen molar-refractivity contribution >= 4 is 44.0 Å². The molecule has 0 amide bonds. The first kappa shape index (κ1) is 18.2. The van der Waals surface area contributed by atoms with E-state index in [2.05, 4.69) is 4.98 Å². The zero-order valence-corrected chi connectivity index (χ0v) is 15.9. The Morgan fingerprint density at radius 3 is 2.59 bits per heavy atom.